The molecule has 25 heavy (non-hydrogen) atoms. The minimum atomic E-state index is -0.175. The Hall–Kier alpha value is -0.930. The summed E-state index contributed by atoms with van der Waals surface area (Å²) >= 11 is 0. The van der Waals surface area contributed by atoms with E-state index in [1.807, 2.05) is 13.0 Å². The minimum absolute atomic E-state index is 0. The number of aliphatic hydroxyl groups excluding tert-OH is 1. The van der Waals surface area contributed by atoms with Crippen molar-refractivity contribution >= 4 is 29.9 Å². The van der Waals surface area contributed by atoms with Crippen LogP contribution in [0.3, 0.4) is 0 Å². The number of guanidine groups is 1. The van der Waals surface area contributed by atoms with E-state index < -0.39 is 0 Å². The van der Waals surface area contributed by atoms with Gasteiger partial charge in [0.1, 0.15) is 5.82 Å². The minimum Gasteiger partial charge on any atom is -0.396 e. The highest BCUT2D eigenvalue weighted by Gasteiger charge is 2.34. The molecule has 0 bridgehead atoms. The summed E-state index contributed by atoms with van der Waals surface area (Å²) in [6, 6.07) is 6.82. The van der Waals surface area contributed by atoms with Crippen molar-refractivity contribution < 1.29 is 14.2 Å². The lowest BCUT2D eigenvalue weighted by Gasteiger charge is -2.24. The van der Waals surface area contributed by atoms with Gasteiger partial charge in [0, 0.05) is 31.7 Å². The number of aliphatic imine (C=N–C) groups is 1. The highest BCUT2D eigenvalue weighted by atomic mass is 127. The number of ether oxygens (including phenoxy) is 1. The molecule has 0 saturated carbocycles. The number of hydrogen-bond acceptors (Lipinski definition) is 3. The van der Waals surface area contributed by atoms with Crippen LogP contribution < -0.4 is 10.6 Å². The van der Waals surface area contributed by atoms with Crippen molar-refractivity contribution in [2.24, 2.45) is 10.4 Å². The predicted molar refractivity (Wildman–Crippen MR) is 109 cm³/mol. The quantitative estimate of drug-likeness (QED) is 0.313. The summed E-state index contributed by atoms with van der Waals surface area (Å²) in [6.45, 7) is 5.51. The van der Waals surface area contributed by atoms with Gasteiger partial charge in [0.25, 0.3) is 0 Å². The average Bonchev–Trinajstić information content (AvgIpc) is 3.04. The van der Waals surface area contributed by atoms with Crippen molar-refractivity contribution in [2.45, 2.75) is 26.2 Å². The summed E-state index contributed by atoms with van der Waals surface area (Å²) in [5, 5.41) is 15.7. The van der Waals surface area contributed by atoms with Gasteiger partial charge in [-0.15, -0.1) is 24.0 Å². The molecule has 1 aromatic carbocycles. The molecule has 1 heterocycles. The monoisotopic (exact) mass is 465 g/mol. The Morgan fingerprint density at radius 3 is 2.80 bits per heavy atom. The summed E-state index contributed by atoms with van der Waals surface area (Å²) in [4.78, 5) is 4.65. The van der Waals surface area contributed by atoms with E-state index in [1.165, 1.54) is 6.07 Å². The van der Waals surface area contributed by atoms with Crippen LogP contribution in [0.2, 0.25) is 0 Å². The fourth-order valence-electron chi connectivity index (χ4n) is 2.89. The number of rotatable bonds is 8. The lowest BCUT2D eigenvalue weighted by molar-refractivity contribution is 0.131. The molecule has 5 nitrogen and oxygen atoms in total. The van der Waals surface area contributed by atoms with Crippen LogP contribution in [0.4, 0.5) is 4.39 Å². The lowest BCUT2D eigenvalue weighted by atomic mass is 9.84. The van der Waals surface area contributed by atoms with Crippen LogP contribution in [-0.2, 0) is 11.2 Å². The second-order valence-electron chi connectivity index (χ2n) is 6.24. The van der Waals surface area contributed by atoms with Gasteiger partial charge in [-0.2, -0.15) is 0 Å². The number of hydrogen-bond donors (Lipinski definition) is 3. The standard InChI is InChI=1S/C18H28FN3O2.HI/c1-2-20-17(21-10-7-15-5-3-4-6-16(15)19)22-13-18(8-11-23)9-12-24-14-18;/h3-6,23H,2,7-14H2,1H3,(H2,20,21,22);1H. The summed E-state index contributed by atoms with van der Waals surface area (Å²) < 4.78 is 19.1. The molecule has 1 fully saturated rings. The first-order valence-corrected chi connectivity index (χ1v) is 8.63. The first kappa shape index (κ1) is 22.1. The van der Waals surface area contributed by atoms with Gasteiger partial charge >= 0.3 is 0 Å². The zero-order valence-corrected chi connectivity index (χ0v) is 17.1. The molecule has 0 amide bonds. The Morgan fingerprint density at radius 2 is 2.16 bits per heavy atom. The Bertz CT molecular complexity index is 537. The van der Waals surface area contributed by atoms with E-state index in [0.29, 0.717) is 38.1 Å². The summed E-state index contributed by atoms with van der Waals surface area (Å²) in [7, 11) is 0. The van der Waals surface area contributed by atoms with Crippen molar-refractivity contribution in [1.29, 1.82) is 0 Å². The molecule has 0 aromatic heterocycles. The molecule has 1 saturated heterocycles. The Labute approximate surface area is 166 Å². The van der Waals surface area contributed by atoms with Crippen molar-refractivity contribution in [3.8, 4) is 0 Å². The molecular weight excluding hydrogens is 436 g/mol. The van der Waals surface area contributed by atoms with Crippen LogP contribution in [-0.4, -0.2) is 50.5 Å². The van der Waals surface area contributed by atoms with Gasteiger partial charge in [-0.25, -0.2) is 4.39 Å². The van der Waals surface area contributed by atoms with Crippen LogP contribution in [0, 0.1) is 11.2 Å². The van der Waals surface area contributed by atoms with Gasteiger partial charge in [-0.3, -0.25) is 4.99 Å². The summed E-state index contributed by atoms with van der Waals surface area (Å²) in [5.41, 5.74) is 0.629. The molecule has 142 valence electrons. The molecule has 7 heteroatoms. The number of aliphatic hydroxyl groups is 1. The molecule has 0 radical (unpaired) electrons. The lowest BCUT2D eigenvalue weighted by Crippen LogP contribution is -2.39. The van der Waals surface area contributed by atoms with E-state index in [4.69, 9.17) is 4.74 Å². The molecule has 1 aliphatic rings. The van der Waals surface area contributed by atoms with Gasteiger partial charge < -0.3 is 20.5 Å². The zero-order chi connectivity index (χ0) is 17.3. The first-order valence-electron chi connectivity index (χ1n) is 8.63. The molecular formula is C18H29FIN3O2. The van der Waals surface area contributed by atoms with E-state index in [1.54, 1.807) is 12.1 Å². The second kappa shape index (κ2) is 11.6. The molecule has 0 aliphatic carbocycles. The molecule has 2 rings (SSSR count). The van der Waals surface area contributed by atoms with Gasteiger partial charge in [-0.05, 0) is 37.8 Å². The third-order valence-electron chi connectivity index (χ3n) is 4.39. The van der Waals surface area contributed by atoms with Crippen LogP contribution in [0.25, 0.3) is 0 Å². The third kappa shape index (κ3) is 7.07. The molecule has 0 spiro atoms. The normalized spacial score (nSPS) is 20.2. The Morgan fingerprint density at radius 1 is 1.36 bits per heavy atom. The number of benzene rings is 1. The van der Waals surface area contributed by atoms with Crippen LogP contribution in [0.1, 0.15) is 25.3 Å². The van der Waals surface area contributed by atoms with E-state index in [0.717, 1.165) is 25.5 Å². The zero-order valence-electron chi connectivity index (χ0n) is 14.8. The SMILES string of the molecule is CCNC(=NCC1(CCO)CCOC1)NCCc1ccccc1F.I. The van der Waals surface area contributed by atoms with Crippen molar-refractivity contribution in [1.82, 2.24) is 10.6 Å². The topological polar surface area (TPSA) is 65.9 Å². The average molecular weight is 465 g/mol. The second-order valence-corrected chi connectivity index (χ2v) is 6.24. The van der Waals surface area contributed by atoms with Crippen LogP contribution in [0.15, 0.2) is 29.3 Å². The first-order chi connectivity index (χ1) is 11.7. The van der Waals surface area contributed by atoms with Crippen LogP contribution >= 0.6 is 24.0 Å². The molecule has 3 N–H and O–H groups in total. The van der Waals surface area contributed by atoms with Crippen molar-refractivity contribution in [3.63, 3.8) is 0 Å². The van der Waals surface area contributed by atoms with Gasteiger partial charge in [-0.1, -0.05) is 18.2 Å². The fraction of sp³-hybridized carbons (Fsp3) is 0.611. The molecule has 1 unspecified atom stereocenters. The maximum Gasteiger partial charge on any atom is 0.191 e. The van der Waals surface area contributed by atoms with E-state index in [2.05, 4.69) is 15.6 Å². The Kier molecular flexibility index (Phi) is 10.3. The summed E-state index contributed by atoms with van der Waals surface area (Å²) in [5.74, 6) is 0.546. The van der Waals surface area contributed by atoms with Gasteiger partial charge in [0.15, 0.2) is 5.96 Å². The maximum absolute atomic E-state index is 13.6. The predicted octanol–water partition coefficient (Wildman–Crippen LogP) is 2.33. The molecule has 1 aromatic rings. The highest BCUT2D eigenvalue weighted by molar-refractivity contribution is 14.0. The molecule has 1 atom stereocenters. The summed E-state index contributed by atoms with van der Waals surface area (Å²) in [6.07, 6.45) is 2.22. The van der Waals surface area contributed by atoms with E-state index in [9.17, 15) is 9.50 Å². The van der Waals surface area contributed by atoms with E-state index in [-0.39, 0.29) is 41.8 Å². The maximum atomic E-state index is 13.6. The number of nitrogens with zero attached hydrogens (tertiary/aromatic N) is 1. The smallest absolute Gasteiger partial charge is 0.191 e. The number of halogens is 2. The third-order valence-corrected chi connectivity index (χ3v) is 4.39. The highest BCUT2D eigenvalue weighted by Crippen LogP contribution is 2.32. The van der Waals surface area contributed by atoms with Crippen molar-refractivity contribution in [2.75, 3.05) is 39.5 Å². The fourth-order valence-corrected chi connectivity index (χ4v) is 2.89. The molecule has 1 aliphatic heterocycles. The van der Waals surface area contributed by atoms with Gasteiger partial charge in [0.2, 0.25) is 0 Å². The Balaban J connectivity index is 0.00000312. The largest absolute Gasteiger partial charge is 0.396 e. The van der Waals surface area contributed by atoms with E-state index >= 15 is 0 Å². The number of nitrogens with one attached hydrogen (secondary N) is 2. The van der Waals surface area contributed by atoms with Crippen LogP contribution in [0.5, 0.6) is 0 Å². The van der Waals surface area contributed by atoms with Crippen molar-refractivity contribution in [3.05, 3.63) is 35.6 Å². The van der Waals surface area contributed by atoms with Gasteiger partial charge in [0.05, 0.1) is 13.2 Å².